The predicted molar refractivity (Wildman–Crippen MR) is 80.2 cm³/mol. The number of nitrogens with zero attached hydrogens (tertiary/aromatic N) is 2. The van der Waals surface area contributed by atoms with Crippen molar-refractivity contribution in [2.24, 2.45) is 0 Å². The van der Waals surface area contributed by atoms with Crippen LogP contribution < -0.4 is 5.32 Å². The van der Waals surface area contributed by atoms with Crippen LogP contribution in [0.15, 0.2) is 18.2 Å². The van der Waals surface area contributed by atoms with Gasteiger partial charge in [0.1, 0.15) is 0 Å². The Kier molecular flexibility index (Phi) is 3.95. The standard InChI is InChI=1S/C14H17N3O2S/c1-10-3-2-4-11-13(10)16-14(20-11)15-12(18)9-17-5-7-19-8-6-17/h2-4H,5-9H2,1H3,(H,15,16,18). The Bertz CT molecular complexity index is 620. The summed E-state index contributed by atoms with van der Waals surface area (Å²) in [7, 11) is 0. The van der Waals surface area contributed by atoms with Crippen molar-refractivity contribution < 1.29 is 9.53 Å². The second kappa shape index (κ2) is 5.87. The van der Waals surface area contributed by atoms with Gasteiger partial charge in [0.05, 0.1) is 30.0 Å². The number of hydrogen-bond donors (Lipinski definition) is 1. The van der Waals surface area contributed by atoms with E-state index in [9.17, 15) is 4.79 Å². The summed E-state index contributed by atoms with van der Waals surface area (Å²) in [5.74, 6) is -0.0105. The Hall–Kier alpha value is -1.50. The first kappa shape index (κ1) is 13.5. The normalized spacial score (nSPS) is 16.4. The molecular formula is C14H17N3O2S. The summed E-state index contributed by atoms with van der Waals surface area (Å²) in [6.07, 6.45) is 0. The van der Waals surface area contributed by atoms with Gasteiger partial charge in [0, 0.05) is 13.1 Å². The van der Waals surface area contributed by atoms with Crippen molar-refractivity contribution in [2.75, 3.05) is 38.2 Å². The van der Waals surface area contributed by atoms with Crippen LogP contribution in [0.25, 0.3) is 10.2 Å². The Morgan fingerprint density at radius 1 is 1.45 bits per heavy atom. The monoisotopic (exact) mass is 291 g/mol. The highest BCUT2D eigenvalue weighted by Crippen LogP contribution is 2.27. The van der Waals surface area contributed by atoms with Gasteiger partial charge >= 0.3 is 0 Å². The number of amides is 1. The zero-order chi connectivity index (χ0) is 13.9. The molecule has 0 spiro atoms. The molecule has 1 aliphatic heterocycles. The number of thiazole rings is 1. The maximum absolute atomic E-state index is 12.0. The van der Waals surface area contributed by atoms with Crippen molar-refractivity contribution in [2.45, 2.75) is 6.92 Å². The summed E-state index contributed by atoms with van der Waals surface area (Å²) in [5, 5.41) is 3.57. The van der Waals surface area contributed by atoms with Crippen molar-refractivity contribution >= 4 is 32.6 Å². The van der Waals surface area contributed by atoms with Crippen molar-refractivity contribution in [3.8, 4) is 0 Å². The summed E-state index contributed by atoms with van der Waals surface area (Å²) in [5.41, 5.74) is 2.10. The average molecular weight is 291 g/mol. The Morgan fingerprint density at radius 2 is 2.25 bits per heavy atom. The van der Waals surface area contributed by atoms with Crippen LogP contribution >= 0.6 is 11.3 Å². The van der Waals surface area contributed by atoms with Crippen LogP contribution in [-0.2, 0) is 9.53 Å². The van der Waals surface area contributed by atoms with Crippen LogP contribution in [0.2, 0.25) is 0 Å². The summed E-state index contributed by atoms with van der Waals surface area (Å²) in [6.45, 7) is 5.46. The number of morpholine rings is 1. The number of carbonyl (C=O) groups is 1. The highest BCUT2D eigenvalue weighted by atomic mass is 32.1. The summed E-state index contributed by atoms with van der Waals surface area (Å²) < 4.78 is 6.37. The van der Waals surface area contributed by atoms with Crippen LogP contribution in [0.5, 0.6) is 0 Å². The molecule has 0 saturated carbocycles. The lowest BCUT2D eigenvalue weighted by atomic mass is 10.2. The molecule has 0 atom stereocenters. The number of rotatable bonds is 3. The third-order valence-electron chi connectivity index (χ3n) is 3.34. The molecule has 106 valence electrons. The van der Waals surface area contributed by atoms with Crippen LogP contribution in [0.4, 0.5) is 5.13 Å². The topological polar surface area (TPSA) is 54.5 Å². The first-order valence-electron chi connectivity index (χ1n) is 6.68. The number of anilines is 1. The van der Waals surface area contributed by atoms with Crippen LogP contribution in [-0.4, -0.2) is 48.6 Å². The quantitative estimate of drug-likeness (QED) is 0.938. The van der Waals surface area contributed by atoms with Crippen molar-refractivity contribution in [1.29, 1.82) is 0 Å². The smallest absolute Gasteiger partial charge is 0.240 e. The second-order valence-electron chi connectivity index (χ2n) is 4.88. The van der Waals surface area contributed by atoms with E-state index >= 15 is 0 Å². The minimum Gasteiger partial charge on any atom is -0.379 e. The Morgan fingerprint density at radius 3 is 3.00 bits per heavy atom. The summed E-state index contributed by atoms with van der Waals surface area (Å²) in [6, 6.07) is 6.06. The van der Waals surface area contributed by atoms with Crippen molar-refractivity contribution in [1.82, 2.24) is 9.88 Å². The van der Waals surface area contributed by atoms with Gasteiger partial charge in [-0.25, -0.2) is 4.98 Å². The van der Waals surface area contributed by atoms with Gasteiger partial charge in [-0.1, -0.05) is 23.5 Å². The van der Waals surface area contributed by atoms with Crippen molar-refractivity contribution in [3.63, 3.8) is 0 Å². The van der Waals surface area contributed by atoms with E-state index in [-0.39, 0.29) is 5.91 Å². The van der Waals surface area contributed by atoms with Gasteiger partial charge in [0.25, 0.3) is 0 Å². The van der Waals surface area contributed by atoms with Crippen LogP contribution in [0.1, 0.15) is 5.56 Å². The van der Waals surface area contributed by atoms with E-state index in [2.05, 4.69) is 15.2 Å². The number of aryl methyl sites for hydroxylation is 1. The highest BCUT2D eigenvalue weighted by molar-refractivity contribution is 7.22. The molecule has 0 aliphatic carbocycles. The summed E-state index contributed by atoms with van der Waals surface area (Å²) >= 11 is 1.52. The fraction of sp³-hybridized carbons (Fsp3) is 0.429. The number of hydrogen-bond acceptors (Lipinski definition) is 5. The molecule has 5 nitrogen and oxygen atoms in total. The molecular weight excluding hydrogens is 274 g/mol. The van der Waals surface area contributed by atoms with E-state index in [1.54, 1.807) is 0 Å². The molecule has 1 amide bonds. The molecule has 6 heteroatoms. The van der Waals surface area contributed by atoms with Crippen LogP contribution in [0.3, 0.4) is 0 Å². The van der Waals surface area contributed by atoms with E-state index in [1.165, 1.54) is 11.3 Å². The number of fused-ring (bicyclic) bond motifs is 1. The molecule has 1 aromatic heterocycles. The third kappa shape index (κ3) is 2.98. The highest BCUT2D eigenvalue weighted by Gasteiger charge is 2.15. The van der Waals surface area contributed by atoms with Gasteiger partial charge in [0.15, 0.2) is 5.13 Å². The fourth-order valence-corrected chi connectivity index (χ4v) is 3.22. The van der Waals surface area contributed by atoms with Gasteiger partial charge in [-0.3, -0.25) is 9.69 Å². The predicted octanol–water partition coefficient (Wildman–Crippen LogP) is 1.88. The van der Waals surface area contributed by atoms with Gasteiger partial charge in [0.2, 0.25) is 5.91 Å². The third-order valence-corrected chi connectivity index (χ3v) is 4.27. The zero-order valence-corrected chi connectivity index (χ0v) is 12.2. The van der Waals surface area contributed by atoms with Crippen LogP contribution in [0, 0.1) is 6.92 Å². The molecule has 0 unspecified atom stereocenters. The maximum atomic E-state index is 12.0. The van der Waals surface area contributed by atoms with Gasteiger partial charge in [-0.2, -0.15) is 0 Å². The SMILES string of the molecule is Cc1cccc2sc(NC(=O)CN3CCOCC3)nc12. The second-order valence-corrected chi connectivity index (χ2v) is 5.91. The molecule has 0 bridgehead atoms. The zero-order valence-electron chi connectivity index (χ0n) is 11.4. The molecule has 1 aliphatic rings. The van der Waals surface area contributed by atoms with E-state index in [0.717, 1.165) is 28.9 Å². The number of benzene rings is 1. The molecule has 2 aromatic rings. The number of aromatic nitrogens is 1. The first-order chi connectivity index (χ1) is 9.72. The lowest BCUT2D eigenvalue weighted by Gasteiger charge is -2.25. The minimum atomic E-state index is -0.0105. The summed E-state index contributed by atoms with van der Waals surface area (Å²) in [4.78, 5) is 18.6. The van der Waals surface area contributed by atoms with Gasteiger partial charge < -0.3 is 10.1 Å². The Labute approximate surface area is 121 Å². The first-order valence-corrected chi connectivity index (χ1v) is 7.50. The molecule has 1 N–H and O–H groups in total. The number of ether oxygens (including phenoxy) is 1. The molecule has 1 aromatic carbocycles. The Balaban J connectivity index is 1.66. The molecule has 1 saturated heterocycles. The lowest BCUT2D eigenvalue weighted by molar-refractivity contribution is -0.118. The largest absolute Gasteiger partial charge is 0.379 e. The van der Waals surface area contributed by atoms with Gasteiger partial charge in [-0.15, -0.1) is 0 Å². The molecule has 0 radical (unpaired) electrons. The van der Waals surface area contributed by atoms with E-state index in [4.69, 9.17) is 4.74 Å². The number of nitrogens with one attached hydrogen (secondary N) is 1. The molecule has 2 heterocycles. The van der Waals surface area contributed by atoms with E-state index < -0.39 is 0 Å². The molecule has 20 heavy (non-hydrogen) atoms. The van der Waals surface area contributed by atoms with E-state index in [1.807, 2.05) is 25.1 Å². The lowest BCUT2D eigenvalue weighted by Crippen LogP contribution is -2.41. The van der Waals surface area contributed by atoms with E-state index in [0.29, 0.717) is 24.9 Å². The average Bonchev–Trinajstić information content (AvgIpc) is 2.83. The maximum Gasteiger partial charge on any atom is 0.240 e. The molecule has 1 fully saturated rings. The van der Waals surface area contributed by atoms with Crippen molar-refractivity contribution in [3.05, 3.63) is 23.8 Å². The number of carbonyl (C=O) groups excluding carboxylic acids is 1. The molecule has 3 rings (SSSR count). The number of para-hydroxylation sites is 1. The van der Waals surface area contributed by atoms with Gasteiger partial charge in [-0.05, 0) is 18.6 Å². The minimum absolute atomic E-state index is 0.0105. The fourth-order valence-electron chi connectivity index (χ4n) is 2.26.